The second-order valence-corrected chi connectivity index (χ2v) is 20.4. The van der Waals surface area contributed by atoms with Crippen molar-refractivity contribution in [2.75, 3.05) is 32.2 Å². The summed E-state index contributed by atoms with van der Waals surface area (Å²) in [5.41, 5.74) is 6.91. The Morgan fingerprint density at radius 3 is 1.85 bits per heavy atom. The molecule has 2 aromatic heterocycles. The number of hydrogen-bond acceptors (Lipinski definition) is 7. The number of aromatic nitrogens is 2. The molecule has 65 heavy (non-hydrogen) atoms. The predicted molar refractivity (Wildman–Crippen MR) is 254 cm³/mol. The Labute approximate surface area is 383 Å². The third kappa shape index (κ3) is 9.25. The van der Waals surface area contributed by atoms with Crippen LogP contribution < -0.4 is 26.1 Å². The molecule has 1 unspecified atom stereocenters. The van der Waals surface area contributed by atoms with Gasteiger partial charge in [-0.2, -0.15) is 0 Å². The van der Waals surface area contributed by atoms with Crippen molar-refractivity contribution in [3.05, 3.63) is 87.7 Å². The number of aromatic amines is 2. The van der Waals surface area contributed by atoms with Gasteiger partial charge in [-0.25, -0.2) is 9.59 Å². The fourth-order valence-corrected chi connectivity index (χ4v) is 10.9. The summed E-state index contributed by atoms with van der Waals surface area (Å²) in [5.74, 6) is -0.0892. The lowest BCUT2D eigenvalue weighted by atomic mass is 9.86. The van der Waals surface area contributed by atoms with Gasteiger partial charge in [0.05, 0.1) is 32.3 Å². The van der Waals surface area contributed by atoms with Gasteiger partial charge < -0.3 is 44.8 Å². The van der Waals surface area contributed by atoms with Gasteiger partial charge in [0.15, 0.2) is 0 Å². The van der Waals surface area contributed by atoms with Crippen molar-refractivity contribution in [1.29, 1.82) is 0 Å². The summed E-state index contributed by atoms with van der Waals surface area (Å²) < 4.78 is 9.70. The van der Waals surface area contributed by atoms with Crippen LogP contribution in [-0.4, -0.2) is 89.2 Å². The quantitative estimate of drug-likeness (QED) is 0.120. The molecular formula is C52H69N7O6. The van der Waals surface area contributed by atoms with E-state index in [1.807, 2.05) is 37.5 Å². The van der Waals surface area contributed by atoms with Crippen LogP contribution >= 0.6 is 0 Å². The molecule has 5 heterocycles. The lowest BCUT2D eigenvalue weighted by molar-refractivity contribution is -0.136. The number of likely N-dealkylation sites (tertiary alicyclic amines) is 2. The van der Waals surface area contributed by atoms with E-state index in [2.05, 4.69) is 113 Å². The molecule has 348 valence electrons. The first-order chi connectivity index (χ1) is 31.1. The minimum Gasteiger partial charge on any atom is -0.453 e. The first kappa shape index (κ1) is 45.8. The summed E-state index contributed by atoms with van der Waals surface area (Å²) in [6.07, 6.45) is 10.0. The van der Waals surface area contributed by atoms with Crippen LogP contribution in [0.4, 0.5) is 15.3 Å². The molecular weight excluding hydrogens is 819 g/mol. The lowest BCUT2D eigenvalue weighted by Crippen LogP contribution is -2.51. The number of hydrogen-bond donors (Lipinski definition) is 4. The maximum Gasteiger partial charge on any atom is 0.407 e. The minimum atomic E-state index is -0.670. The smallest absolute Gasteiger partial charge is 0.407 e. The molecule has 0 spiro atoms. The van der Waals surface area contributed by atoms with E-state index in [1.165, 1.54) is 36.3 Å². The molecule has 2 aromatic carbocycles. The van der Waals surface area contributed by atoms with Crippen molar-refractivity contribution in [3.8, 4) is 0 Å². The van der Waals surface area contributed by atoms with Gasteiger partial charge in [-0.15, -0.1) is 0 Å². The number of methoxy groups -OCH3 is 2. The Balaban J connectivity index is 1.07. The maximum atomic E-state index is 13.9. The van der Waals surface area contributed by atoms with E-state index in [-0.39, 0.29) is 59.2 Å². The highest BCUT2D eigenvalue weighted by Gasteiger charge is 2.41. The van der Waals surface area contributed by atoms with Gasteiger partial charge in [-0.3, -0.25) is 9.59 Å². The van der Waals surface area contributed by atoms with Crippen LogP contribution in [0, 0.1) is 17.8 Å². The van der Waals surface area contributed by atoms with Crippen molar-refractivity contribution in [2.24, 2.45) is 17.8 Å². The van der Waals surface area contributed by atoms with Crippen LogP contribution in [0.25, 0.3) is 23.1 Å². The molecule has 3 saturated heterocycles. The molecule has 0 saturated carbocycles. The fraction of sp³-hybridized carbons (Fsp3) is 0.538. The van der Waals surface area contributed by atoms with Gasteiger partial charge >= 0.3 is 12.2 Å². The number of carbonyl (C=O) groups excluding carboxylic acids is 4. The van der Waals surface area contributed by atoms with Crippen molar-refractivity contribution in [2.45, 2.75) is 135 Å². The number of fused-ring (bicyclic) bond motifs is 2. The van der Waals surface area contributed by atoms with E-state index < -0.39 is 24.3 Å². The van der Waals surface area contributed by atoms with Crippen LogP contribution in [-0.2, 0) is 24.5 Å². The predicted octanol–water partition coefficient (Wildman–Crippen LogP) is 7.87. The molecule has 13 nitrogen and oxygen atoms in total. The summed E-state index contributed by atoms with van der Waals surface area (Å²) >= 11 is 0. The maximum absolute atomic E-state index is 13.9. The summed E-state index contributed by atoms with van der Waals surface area (Å²) in [7, 11) is 2.64. The number of carbonyl (C=O) groups is 4. The van der Waals surface area contributed by atoms with Crippen molar-refractivity contribution in [1.82, 2.24) is 30.4 Å². The van der Waals surface area contributed by atoms with Crippen LogP contribution in [0.5, 0.6) is 0 Å². The minimum absolute atomic E-state index is 0.0344. The average molecular weight is 888 g/mol. The normalized spacial score (nSPS) is 23.0. The molecule has 3 fully saturated rings. The molecule has 3 aliphatic heterocycles. The molecule has 1 aliphatic carbocycles. The number of nitrogens with zero attached hydrogens (tertiary/aromatic N) is 3. The zero-order valence-electron chi connectivity index (χ0n) is 39.7. The summed E-state index contributed by atoms with van der Waals surface area (Å²) in [5, 5.41) is 8.94. The summed E-state index contributed by atoms with van der Waals surface area (Å²) in [4.78, 5) is 66.2. The largest absolute Gasteiger partial charge is 0.453 e. The van der Waals surface area contributed by atoms with E-state index in [0.29, 0.717) is 13.1 Å². The standard InChI is InChI=1S/C52H69N7O6/c1-30(2)46(55-50(62)64-8)48(60)57-24-10-12-44(57)40-26-32-14-16-34(28-38(32)53-40)42-22-23-43(59(42)37-20-18-36(19-21-37)52(5,6)7)35-17-15-33-27-41(54-39(33)29-35)45-13-11-25-58(45)49(61)47(31(3)4)56-51(63)65-9/h14-16,18-21,26-31,35,42-47,53-54H,10-13,17,22-25H2,1-9H3,(H,55,62)(H,56,63)/t35?,42-,43-,44+,45+,46+,47+/m1/s1. The molecule has 4 aromatic rings. The highest BCUT2D eigenvalue weighted by Crippen LogP contribution is 2.45. The van der Waals surface area contributed by atoms with E-state index >= 15 is 0 Å². The number of benzene rings is 2. The Morgan fingerprint density at radius 2 is 1.29 bits per heavy atom. The van der Waals surface area contributed by atoms with Crippen molar-refractivity contribution >= 4 is 52.7 Å². The number of amides is 4. The van der Waals surface area contributed by atoms with Gasteiger partial charge in [0.25, 0.3) is 0 Å². The SMILES string of the molecule is COC(=O)N[C@H](C(=O)N1CCC[C@H]1c1cc2c([nH]1)=CC([C@H]1CC[C@H](c3ccc4cc([C@@H]5CCCN5C(=O)[C@@H](NC(=O)OC)C(C)C)[nH]c4c3)N1c1ccc(C(C)(C)C)cc1)CC=2)C(C)C. The number of rotatable bonds is 11. The van der Waals surface area contributed by atoms with E-state index in [4.69, 9.17) is 9.47 Å². The molecule has 7 atom stereocenters. The highest BCUT2D eigenvalue weighted by molar-refractivity contribution is 5.88. The fourth-order valence-electron chi connectivity index (χ4n) is 10.9. The van der Waals surface area contributed by atoms with Gasteiger partial charge in [-0.1, -0.05) is 84.9 Å². The summed E-state index contributed by atoms with van der Waals surface area (Å²) in [6, 6.07) is 19.3. The van der Waals surface area contributed by atoms with Gasteiger partial charge in [0, 0.05) is 53.0 Å². The zero-order valence-corrected chi connectivity index (χ0v) is 39.7. The second kappa shape index (κ2) is 18.6. The van der Waals surface area contributed by atoms with E-state index in [9.17, 15) is 19.2 Å². The molecule has 0 bridgehead atoms. The van der Waals surface area contributed by atoms with Gasteiger partial charge in [0.2, 0.25) is 11.8 Å². The highest BCUT2D eigenvalue weighted by atomic mass is 16.5. The Hall–Kier alpha value is -5.72. The van der Waals surface area contributed by atoms with Crippen LogP contribution in [0.15, 0.2) is 54.6 Å². The third-order valence-corrected chi connectivity index (χ3v) is 14.5. The second-order valence-electron chi connectivity index (χ2n) is 20.4. The van der Waals surface area contributed by atoms with Crippen molar-refractivity contribution < 1.29 is 28.7 Å². The average Bonchev–Trinajstić information content (AvgIpc) is 4.14. The van der Waals surface area contributed by atoms with E-state index in [0.717, 1.165) is 72.6 Å². The molecule has 4 aliphatic rings. The number of anilines is 1. The Morgan fingerprint density at radius 1 is 0.708 bits per heavy atom. The van der Waals surface area contributed by atoms with Gasteiger partial charge in [-0.05, 0) is 114 Å². The Bertz CT molecular complexity index is 2520. The number of alkyl carbamates (subject to hydrolysis) is 2. The molecule has 8 rings (SSSR count). The monoisotopic (exact) mass is 888 g/mol. The lowest BCUT2D eigenvalue weighted by Gasteiger charge is -2.37. The molecule has 4 N–H and O–H groups in total. The van der Waals surface area contributed by atoms with Crippen LogP contribution in [0.2, 0.25) is 0 Å². The first-order valence-corrected chi connectivity index (χ1v) is 23.8. The Kier molecular flexibility index (Phi) is 13.1. The van der Waals surface area contributed by atoms with Crippen LogP contribution in [0.3, 0.4) is 0 Å². The van der Waals surface area contributed by atoms with Crippen LogP contribution in [0.1, 0.15) is 134 Å². The van der Waals surface area contributed by atoms with E-state index in [1.54, 1.807) is 0 Å². The zero-order chi connectivity index (χ0) is 46.3. The topological polar surface area (TPSA) is 152 Å². The number of H-pyrrole nitrogens is 2. The number of ether oxygens (including phenoxy) is 2. The first-order valence-electron chi connectivity index (χ1n) is 23.8. The molecule has 13 heteroatoms. The summed E-state index contributed by atoms with van der Waals surface area (Å²) in [6.45, 7) is 15.8. The molecule has 0 radical (unpaired) electrons. The number of nitrogens with one attached hydrogen (secondary N) is 4. The van der Waals surface area contributed by atoms with Gasteiger partial charge in [0.1, 0.15) is 12.1 Å². The molecule has 4 amide bonds. The third-order valence-electron chi connectivity index (χ3n) is 14.5. The van der Waals surface area contributed by atoms with Crippen molar-refractivity contribution in [3.63, 3.8) is 0 Å².